The Morgan fingerprint density at radius 1 is 1.39 bits per heavy atom. The van der Waals surface area contributed by atoms with Crippen molar-refractivity contribution in [1.82, 2.24) is 9.78 Å². The molecule has 0 saturated heterocycles. The Morgan fingerprint density at radius 3 is 2.67 bits per heavy atom. The van der Waals surface area contributed by atoms with Gasteiger partial charge in [0.15, 0.2) is 0 Å². The average molecular weight is 256 g/mol. The van der Waals surface area contributed by atoms with E-state index in [-0.39, 0.29) is 5.69 Å². The lowest BCUT2D eigenvalue weighted by Gasteiger charge is -2.07. The highest BCUT2D eigenvalue weighted by atomic mass is 19.3. The maximum atomic E-state index is 13.0. The third-order valence-electron chi connectivity index (χ3n) is 2.30. The third kappa shape index (κ3) is 2.06. The van der Waals surface area contributed by atoms with E-state index in [9.17, 15) is 18.0 Å². The van der Waals surface area contributed by atoms with Crippen LogP contribution in [0, 0.1) is 5.82 Å². The Labute approximate surface area is 99.3 Å². The molecule has 18 heavy (non-hydrogen) atoms. The Balaban J connectivity index is 2.61. The highest BCUT2D eigenvalue weighted by molar-refractivity contribution is 5.88. The van der Waals surface area contributed by atoms with Gasteiger partial charge >= 0.3 is 5.97 Å². The molecule has 2 aromatic rings. The number of nitrogens with zero attached hydrogens (tertiary/aromatic N) is 2. The van der Waals surface area contributed by atoms with Gasteiger partial charge in [0.2, 0.25) is 0 Å². The van der Waals surface area contributed by atoms with Crippen molar-refractivity contribution in [3.63, 3.8) is 0 Å². The van der Waals surface area contributed by atoms with Crippen LogP contribution in [0.4, 0.5) is 13.2 Å². The van der Waals surface area contributed by atoms with Gasteiger partial charge in [-0.15, -0.1) is 0 Å². The van der Waals surface area contributed by atoms with Crippen molar-refractivity contribution >= 4 is 5.97 Å². The maximum absolute atomic E-state index is 13.0. The first-order valence-corrected chi connectivity index (χ1v) is 4.86. The van der Waals surface area contributed by atoms with Crippen LogP contribution in [-0.4, -0.2) is 20.9 Å². The van der Waals surface area contributed by atoms with Crippen molar-refractivity contribution in [2.75, 3.05) is 0 Å². The van der Waals surface area contributed by atoms with E-state index in [2.05, 4.69) is 5.10 Å². The quantitative estimate of drug-likeness (QED) is 0.918. The van der Waals surface area contributed by atoms with E-state index >= 15 is 0 Å². The summed E-state index contributed by atoms with van der Waals surface area (Å²) in [6.45, 7) is 0. The molecule has 0 aliphatic heterocycles. The fourth-order valence-electron chi connectivity index (χ4n) is 1.55. The summed E-state index contributed by atoms with van der Waals surface area (Å²) >= 11 is 0. The zero-order valence-corrected chi connectivity index (χ0v) is 8.85. The van der Waals surface area contributed by atoms with Gasteiger partial charge in [-0.05, 0) is 18.2 Å². The number of aromatic nitrogens is 2. The SMILES string of the molecule is O=C(O)c1cnn(-c2cccc(F)c2)c1C(F)F. The Morgan fingerprint density at radius 2 is 2.11 bits per heavy atom. The third-order valence-corrected chi connectivity index (χ3v) is 2.30. The molecule has 0 aliphatic rings. The van der Waals surface area contributed by atoms with E-state index in [1.54, 1.807) is 0 Å². The fraction of sp³-hybridized carbons (Fsp3) is 0.0909. The molecule has 0 atom stereocenters. The summed E-state index contributed by atoms with van der Waals surface area (Å²) in [7, 11) is 0. The molecule has 2 rings (SSSR count). The predicted molar refractivity (Wildman–Crippen MR) is 55.4 cm³/mol. The summed E-state index contributed by atoms with van der Waals surface area (Å²) in [5, 5.41) is 12.3. The molecule has 0 bridgehead atoms. The molecule has 0 amide bonds. The first-order chi connectivity index (χ1) is 8.50. The standard InChI is InChI=1S/C11H7F3N2O2/c12-6-2-1-3-7(4-6)16-9(10(13)14)8(5-15-16)11(17)18/h1-5,10H,(H,17,18). The van der Waals surface area contributed by atoms with E-state index in [1.165, 1.54) is 12.1 Å². The predicted octanol–water partition coefficient (Wildman–Crippen LogP) is 2.65. The van der Waals surface area contributed by atoms with Crippen LogP contribution < -0.4 is 0 Å². The van der Waals surface area contributed by atoms with Gasteiger partial charge in [0.1, 0.15) is 17.1 Å². The Hall–Kier alpha value is -2.31. The van der Waals surface area contributed by atoms with E-state index in [4.69, 9.17) is 5.11 Å². The van der Waals surface area contributed by atoms with Crippen molar-refractivity contribution < 1.29 is 23.1 Å². The average Bonchev–Trinajstić information content (AvgIpc) is 2.73. The highest BCUT2D eigenvalue weighted by Gasteiger charge is 2.25. The largest absolute Gasteiger partial charge is 0.478 e. The van der Waals surface area contributed by atoms with Crippen LogP contribution >= 0.6 is 0 Å². The lowest BCUT2D eigenvalue weighted by atomic mass is 10.2. The summed E-state index contributed by atoms with van der Waals surface area (Å²) in [6.07, 6.45) is -2.21. The number of carboxylic acids is 1. The fourth-order valence-corrected chi connectivity index (χ4v) is 1.55. The summed E-state index contributed by atoms with van der Waals surface area (Å²) in [5.41, 5.74) is -1.33. The topological polar surface area (TPSA) is 55.1 Å². The number of aromatic carboxylic acids is 1. The number of halogens is 3. The molecule has 94 valence electrons. The monoisotopic (exact) mass is 256 g/mol. The minimum atomic E-state index is -3.03. The molecule has 0 radical (unpaired) electrons. The molecule has 1 aromatic carbocycles. The molecular weight excluding hydrogens is 249 g/mol. The minimum Gasteiger partial charge on any atom is -0.478 e. The van der Waals surface area contributed by atoms with Crippen LogP contribution in [-0.2, 0) is 0 Å². The summed E-state index contributed by atoms with van der Waals surface area (Å²) in [5.74, 6) is -2.13. The molecule has 7 heteroatoms. The molecule has 4 nitrogen and oxygen atoms in total. The van der Waals surface area contributed by atoms with Crippen LogP contribution in [0.25, 0.3) is 5.69 Å². The Kier molecular flexibility index (Phi) is 3.05. The van der Waals surface area contributed by atoms with Gasteiger partial charge in [-0.2, -0.15) is 5.10 Å². The van der Waals surface area contributed by atoms with Crippen LogP contribution in [0.3, 0.4) is 0 Å². The number of carbonyl (C=O) groups is 1. The van der Waals surface area contributed by atoms with Gasteiger partial charge < -0.3 is 5.11 Å². The number of rotatable bonds is 3. The lowest BCUT2D eigenvalue weighted by molar-refractivity contribution is 0.0683. The van der Waals surface area contributed by atoms with Gasteiger partial charge in [0.05, 0.1) is 11.9 Å². The lowest BCUT2D eigenvalue weighted by Crippen LogP contribution is -2.07. The molecule has 1 N–H and O–H groups in total. The molecule has 1 aromatic heterocycles. The van der Waals surface area contributed by atoms with Crippen molar-refractivity contribution in [2.24, 2.45) is 0 Å². The second kappa shape index (κ2) is 4.52. The van der Waals surface area contributed by atoms with Crippen LogP contribution in [0.2, 0.25) is 0 Å². The number of benzene rings is 1. The van der Waals surface area contributed by atoms with E-state index < -0.39 is 29.5 Å². The second-order valence-electron chi connectivity index (χ2n) is 3.44. The van der Waals surface area contributed by atoms with Crippen molar-refractivity contribution in [2.45, 2.75) is 6.43 Å². The zero-order chi connectivity index (χ0) is 13.3. The van der Waals surface area contributed by atoms with Crippen molar-refractivity contribution in [3.05, 3.63) is 47.5 Å². The van der Waals surface area contributed by atoms with Crippen LogP contribution in [0.15, 0.2) is 30.5 Å². The van der Waals surface area contributed by atoms with Crippen molar-refractivity contribution in [3.8, 4) is 5.69 Å². The molecule has 0 unspecified atom stereocenters. The minimum absolute atomic E-state index is 0.0396. The Bertz CT molecular complexity index is 596. The first-order valence-electron chi connectivity index (χ1n) is 4.86. The molecule has 0 saturated carbocycles. The molecule has 1 heterocycles. The van der Waals surface area contributed by atoms with E-state index in [0.717, 1.165) is 23.0 Å². The van der Waals surface area contributed by atoms with Crippen LogP contribution in [0.5, 0.6) is 0 Å². The van der Waals surface area contributed by atoms with E-state index in [1.807, 2.05) is 0 Å². The van der Waals surface area contributed by atoms with Crippen molar-refractivity contribution in [1.29, 1.82) is 0 Å². The first kappa shape index (κ1) is 12.2. The summed E-state index contributed by atoms with van der Waals surface area (Å²) < 4.78 is 39.4. The molecule has 0 aliphatic carbocycles. The molecular formula is C11H7F3N2O2. The van der Waals surface area contributed by atoms with Gasteiger partial charge in [0, 0.05) is 0 Å². The summed E-state index contributed by atoms with van der Waals surface area (Å²) in [4.78, 5) is 10.8. The normalized spacial score (nSPS) is 10.9. The van der Waals surface area contributed by atoms with Crippen LogP contribution in [0.1, 0.15) is 22.5 Å². The number of hydrogen-bond acceptors (Lipinski definition) is 2. The molecule has 0 spiro atoms. The summed E-state index contributed by atoms with van der Waals surface area (Å²) in [6, 6.07) is 4.81. The zero-order valence-electron chi connectivity index (χ0n) is 8.85. The number of hydrogen-bond donors (Lipinski definition) is 1. The number of alkyl halides is 2. The van der Waals surface area contributed by atoms with E-state index in [0.29, 0.717) is 0 Å². The maximum Gasteiger partial charge on any atom is 0.339 e. The second-order valence-corrected chi connectivity index (χ2v) is 3.44. The highest BCUT2D eigenvalue weighted by Crippen LogP contribution is 2.25. The van der Waals surface area contributed by atoms with Gasteiger partial charge in [-0.3, -0.25) is 0 Å². The van der Waals surface area contributed by atoms with Gasteiger partial charge in [0.25, 0.3) is 6.43 Å². The molecule has 0 fully saturated rings. The van der Waals surface area contributed by atoms with Gasteiger partial charge in [-0.25, -0.2) is 22.6 Å². The smallest absolute Gasteiger partial charge is 0.339 e. The van der Waals surface area contributed by atoms with Gasteiger partial charge in [-0.1, -0.05) is 6.07 Å². The number of carboxylic acid groups (broad SMARTS) is 1.